The lowest BCUT2D eigenvalue weighted by molar-refractivity contribution is -0.133. The fraction of sp³-hybridized carbons (Fsp3) is 0.500. The zero-order valence-electron chi connectivity index (χ0n) is 13.6. The molecule has 1 atom stereocenters. The van der Waals surface area contributed by atoms with Gasteiger partial charge in [0.15, 0.2) is 5.82 Å². The highest BCUT2D eigenvalue weighted by Gasteiger charge is 2.32. The molecule has 3 heterocycles. The van der Waals surface area contributed by atoms with Crippen LogP contribution in [-0.4, -0.2) is 56.0 Å². The summed E-state index contributed by atoms with van der Waals surface area (Å²) in [7, 11) is 1.96. The van der Waals surface area contributed by atoms with E-state index in [1.807, 2.05) is 35.9 Å². The molecule has 0 aromatic carbocycles. The molecule has 0 saturated carbocycles. The van der Waals surface area contributed by atoms with Crippen LogP contribution in [0.2, 0.25) is 0 Å². The number of likely N-dealkylation sites (tertiary alicyclic amines) is 1. The Morgan fingerprint density at radius 3 is 2.91 bits per heavy atom. The van der Waals surface area contributed by atoms with Crippen molar-refractivity contribution < 1.29 is 4.79 Å². The number of rotatable bonds is 5. The highest BCUT2D eigenvalue weighted by Crippen LogP contribution is 2.29. The molecule has 2 aromatic heterocycles. The number of aromatic amines is 1. The van der Waals surface area contributed by atoms with Crippen LogP contribution in [0.15, 0.2) is 24.5 Å². The van der Waals surface area contributed by atoms with Crippen LogP contribution in [-0.2, 0) is 11.3 Å². The number of hydrogen-bond donors (Lipinski definition) is 1. The number of nitrogens with one attached hydrogen (secondary N) is 1. The molecule has 7 heteroatoms. The molecule has 0 unspecified atom stereocenters. The lowest BCUT2D eigenvalue weighted by Crippen LogP contribution is -2.38. The van der Waals surface area contributed by atoms with Gasteiger partial charge in [-0.2, -0.15) is 5.10 Å². The van der Waals surface area contributed by atoms with Crippen molar-refractivity contribution in [3.63, 3.8) is 0 Å². The maximum Gasteiger partial charge on any atom is 0.237 e. The highest BCUT2D eigenvalue weighted by atomic mass is 16.2. The SMILES string of the molecule is Cc1nc([C@@H]2CCCN2C(=O)CN(C)Cc2ccncc2)n[nH]1. The molecular weight excluding hydrogens is 292 g/mol. The van der Waals surface area contributed by atoms with Gasteiger partial charge in [0.25, 0.3) is 0 Å². The van der Waals surface area contributed by atoms with E-state index < -0.39 is 0 Å². The molecule has 1 N–H and O–H groups in total. The first kappa shape index (κ1) is 15.6. The molecule has 0 bridgehead atoms. The Hall–Kier alpha value is -2.28. The molecule has 1 fully saturated rings. The molecule has 1 saturated heterocycles. The van der Waals surface area contributed by atoms with Crippen LogP contribution in [0.5, 0.6) is 0 Å². The van der Waals surface area contributed by atoms with Crippen LogP contribution in [0.1, 0.15) is 36.1 Å². The van der Waals surface area contributed by atoms with Crippen molar-refractivity contribution in [3.05, 3.63) is 41.7 Å². The number of likely N-dealkylation sites (N-methyl/N-ethyl adjacent to an activating group) is 1. The molecule has 1 aliphatic heterocycles. The van der Waals surface area contributed by atoms with Crippen molar-refractivity contribution in [3.8, 4) is 0 Å². The molecule has 2 aromatic rings. The number of H-pyrrole nitrogens is 1. The first-order valence-electron chi connectivity index (χ1n) is 7.89. The normalized spacial score (nSPS) is 17.9. The predicted octanol–water partition coefficient (Wildman–Crippen LogP) is 1.30. The van der Waals surface area contributed by atoms with Gasteiger partial charge < -0.3 is 4.90 Å². The van der Waals surface area contributed by atoms with E-state index in [9.17, 15) is 4.79 Å². The number of hydrogen-bond acceptors (Lipinski definition) is 5. The second-order valence-corrected chi connectivity index (χ2v) is 6.05. The van der Waals surface area contributed by atoms with E-state index >= 15 is 0 Å². The van der Waals surface area contributed by atoms with E-state index in [4.69, 9.17) is 0 Å². The number of carbonyl (C=O) groups is 1. The van der Waals surface area contributed by atoms with E-state index in [0.717, 1.165) is 43.1 Å². The van der Waals surface area contributed by atoms with Gasteiger partial charge in [-0.1, -0.05) is 0 Å². The van der Waals surface area contributed by atoms with Gasteiger partial charge in [-0.25, -0.2) is 4.98 Å². The van der Waals surface area contributed by atoms with Gasteiger partial charge in [0.05, 0.1) is 12.6 Å². The van der Waals surface area contributed by atoms with Gasteiger partial charge in [0.2, 0.25) is 5.91 Å². The summed E-state index contributed by atoms with van der Waals surface area (Å²) in [5, 5.41) is 7.09. The number of carbonyl (C=O) groups excluding carboxylic acids is 1. The third kappa shape index (κ3) is 3.73. The van der Waals surface area contributed by atoms with Gasteiger partial charge >= 0.3 is 0 Å². The van der Waals surface area contributed by atoms with Crippen molar-refractivity contribution in [2.45, 2.75) is 32.4 Å². The Balaban J connectivity index is 1.60. The molecule has 1 amide bonds. The van der Waals surface area contributed by atoms with Crippen LogP contribution in [0.4, 0.5) is 0 Å². The lowest BCUT2D eigenvalue weighted by atomic mass is 10.2. The number of aryl methyl sites for hydroxylation is 1. The fourth-order valence-corrected chi connectivity index (χ4v) is 3.02. The molecular formula is C16H22N6O. The minimum Gasteiger partial charge on any atom is -0.331 e. The van der Waals surface area contributed by atoms with E-state index in [-0.39, 0.29) is 11.9 Å². The first-order valence-corrected chi connectivity index (χ1v) is 7.89. The van der Waals surface area contributed by atoms with Gasteiger partial charge in [0.1, 0.15) is 5.82 Å². The fourth-order valence-electron chi connectivity index (χ4n) is 3.02. The number of pyridine rings is 1. The van der Waals surface area contributed by atoms with Gasteiger partial charge in [-0.05, 0) is 44.5 Å². The minimum atomic E-state index is 0.00164. The third-order valence-electron chi connectivity index (χ3n) is 4.09. The number of nitrogens with zero attached hydrogens (tertiary/aromatic N) is 5. The second-order valence-electron chi connectivity index (χ2n) is 6.05. The van der Waals surface area contributed by atoms with Crippen LogP contribution in [0.25, 0.3) is 0 Å². The van der Waals surface area contributed by atoms with Crippen LogP contribution >= 0.6 is 0 Å². The van der Waals surface area contributed by atoms with E-state index in [1.54, 1.807) is 12.4 Å². The molecule has 7 nitrogen and oxygen atoms in total. The third-order valence-corrected chi connectivity index (χ3v) is 4.09. The molecule has 3 rings (SSSR count). The monoisotopic (exact) mass is 314 g/mol. The molecule has 0 radical (unpaired) electrons. The summed E-state index contributed by atoms with van der Waals surface area (Å²) in [6, 6.07) is 3.94. The summed E-state index contributed by atoms with van der Waals surface area (Å²) in [5.41, 5.74) is 1.15. The Kier molecular flexibility index (Phi) is 4.66. The summed E-state index contributed by atoms with van der Waals surface area (Å²) in [4.78, 5) is 25.0. The van der Waals surface area contributed by atoms with Gasteiger partial charge in [0, 0.05) is 25.5 Å². The maximum atomic E-state index is 12.6. The quantitative estimate of drug-likeness (QED) is 0.900. The van der Waals surface area contributed by atoms with Crippen molar-refractivity contribution >= 4 is 5.91 Å². The zero-order valence-corrected chi connectivity index (χ0v) is 13.6. The molecule has 23 heavy (non-hydrogen) atoms. The van der Waals surface area contributed by atoms with Crippen molar-refractivity contribution in [2.75, 3.05) is 20.1 Å². The van der Waals surface area contributed by atoms with Crippen molar-refractivity contribution in [1.29, 1.82) is 0 Å². The van der Waals surface area contributed by atoms with Crippen LogP contribution in [0.3, 0.4) is 0 Å². The second kappa shape index (κ2) is 6.87. The summed E-state index contributed by atoms with van der Waals surface area (Å²) < 4.78 is 0. The molecule has 122 valence electrons. The Morgan fingerprint density at radius 2 is 2.22 bits per heavy atom. The van der Waals surface area contributed by atoms with E-state index in [0.29, 0.717) is 6.54 Å². The van der Waals surface area contributed by atoms with Crippen molar-refractivity contribution in [1.82, 2.24) is 30.0 Å². The Bertz CT molecular complexity index is 656. The van der Waals surface area contributed by atoms with E-state index in [2.05, 4.69) is 20.2 Å². The highest BCUT2D eigenvalue weighted by molar-refractivity contribution is 5.79. The molecule has 1 aliphatic rings. The molecule has 0 spiro atoms. The Labute approximate surface area is 135 Å². The summed E-state index contributed by atoms with van der Waals surface area (Å²) in [6.45, 7) is 3.77. The molecule has 0 aliphatic carbocycles. The van der Waals surface area contributed by atoms with Crippen molar-refractivity contribution in [2.24, 2.45) is 0 Å². The summed E-state index contributed by atoms with van der Waals surface area (Å²) >= 11 is 0. The summed E-state index contributed by atoms with van der Waals surface area (Å²) in [6.07, 6.45) is 5.47. The number of aromatic nitrogens is 4. The summed E-state index contributed by atoms with van der Waals surface area (Å²) in [5.74, 6) is 1.64. The average molecular weight is 314 g/mol. The maximum absolute atomic E-state index is 12.6. The minimum absolute atomic E-state index is 0.00164. The predicted molar refractivity (Wildman–Crippen MR) is 85.4 cm³/mol. The van der Waals surface area contributed by atoms with E-state index in [1.165, 1.54) is 0 Å². The van der Waals surface area contributed by atoms with Crippen LogP contribution in [0, 0.1) is 6.92 Å². The van der Waals surface area contributed by atoms with Gasteiger partial charge in [-0.3, -0.25) is 19.8 Å². The topological polar surface area (TPSA) is 78.0 Å². The van der Waals surface area contributed by atoms with Gasteiger partial charge in [-0.15, -0.1) is 0 Å². The largest absolute Gasteiger partial charge is 0.331 e. The number of amides is 1. The first-order chi connectivity index (χ1) is 11.1. The zero-order chi connectivity index (χ0) is 16.2. The van der Waals surface area contributed by atoms with Crippen LogP contribution < -0.4 is 0 Å². The Morgan fingerprint density at radius 1 is 1.43 bits per heavy atom. The smallest absolute Gasteiger partial charge is 0.237 e. The standard InChI is InChI=1S/C16H22N6O/c1-12-18-16(20-19-12)14-4-3-9-22(14)15(23)11-21(2)10-13-5-7-17-8-6-13/h5-8,14H,3-4,9-11H2,1-2H3,(H,18,19,20)/t14-/m0/s1. The average Bonchev–Trinajstić information content (AvgIpc) is 3.16. The lowest BCUT2D eigenvalue weighted by Gasteiger charge is -2.25.